The van der Waals surface area contributed by atoms with Crippen molar-refractivity contribution in [2.45, 2.75) is 18.9 Å². The van der Waals surface area contributed by atoms with E-state index in [-0.39, 0.29) is 23.6 Å². The summed E-state index contributed by atoms with van der Waals surface area (Å²) in [5.74, 6) is 0.319. The average molecular weight is 254 g/mol. The molecule has 0 bridgehead atoms. The van der Waals surface area contributed by atoms with Gasteiger partial charge in [0.25, 0.3) is 0 Å². The SMILES string of the molecule is CC1Oc2cc(O)ccc2C(=O)C1c1ccccc1. The van der Waals surface area contributed by atoms with Crippen LogP contribution in [0.25, 0.3) is 0 Å². The summed E-state index contributed by atoms with van der Waals surface area (Å²) in [5.41, 5.74) is 1.49. The van der Waals surface area contributed by atoms with Crippen molar-refractivity contribution in [3.63, 3.8) is 0 Å². The van der Waals surface area contributed by atoms with Crippen LogP contribution in [0.4, 0.5) is 0 Å². The quantitative estimate of drug-likeness (QED) is 0.850. The molecular weight excluding hydrogens is 240 g/mol. The summed E-state index contributed by atoms with van der Waals surface area (Å²) in [6.45, 7) is 1.88. The number of rotatable bonds is 1. The maximum atomic E-state index is 12.6. The second-order valence-corrected chi connectivity index (χ2v) is 4.76. The number of aromatic hydroxyl groups is 1. The maximum Gasteiger partial charge on any atom is 0.177 e. The zero-order chi connectivity index (χ0) is 13.4. The van der Waals surface area contributed by atoms with E-state index in [0.717, 1.165) is 5.56 Å². The van der Waals surface area contributed by atoms with Crippen LogP contribution in [-0.4, -0.2) is 17.0 Å². The van der Waals surface area contributed by atoms with Crippen LogP contribution >= 0.6 is 0 Å². The average Bonchev–Trinajstić information content (AvgIpc) is 2.39. The molecule has 1 aliphatic heterocycles. The Bertz CT molecular complexity index is 619. The zero-order valence-electron chi connectivity index (χ0n) is 10.5. The smallest absolute Gasteiger partial charge is 0.177 e. The van der Waals surface area contributed by atoms with Gasteiger partial charge in [-0.3, -0.25) is 4.79 Å². The highest BCUT2D eigenvalue weighted by atomic mass is 16.5. The van der Waals surface area contributed by atoms with Gasteiger partial charge in [-0.2, -0.15) is 0 Å². The van der Waals surface area contributed by atoms with Gasteiger partial charge in [0.05, 0.1) is 11.5 Å². The van der Waals surface area contributed by atoms with E-state index >= 15 is 0 Å². The van der Waals surface area contributed by atoms with Crippen molar-refractivity contribution in [1.29, 1.82) is 0 Å². The van der Waals surface area contributed by atoms with Gasteiger partial charge in [-0.25, -0.2) is 0 Å². The third-order valence-electron chi connectivity index (χ3n) is 3.45. The summed E-state index contributed by atoms with van der Waals surface area (Å²) in [6, 6.07) is 14.3. The van der Waals surface area contributed by atoms with E-state index in [1.54, 1.807) is 6.07 Å². The number of phenols is 1. The first-order valence-corrected chi connectivity index (χ1v) is 6.25. The number of hydrogen-bond acceptors (Lipinski definition) is 3. The van der Waals surface area contributed by atoms with Crippen LogP contribution in [0.5, 0.6) is 11.5 Å². The van der Waals surface area contributed by atoms with Crippen LogP contribution < -0.4 is 4.74 Å². The zero-order valence-corrected chi connectivity index (χ0v) is 10.5. The molecule has 96 valence electrons. The molecule has 0 saturated carbocycles. The van der Waals surface area contributed by atoms with E-state index in [0.29, 0.717) is 11.3 Å². The molecule has 2 atom stereocenters. The monoisotopic (exact) mass is 254 g/mol. The lowest BCUT2D eigenvalue weighted by molar-refractivity contribution is 0.0810. The fourth-order valence-electron chi connectivity index (χ4n) is 2.54. The summed E-state index contributed by atoms with van der Waals surface area (Å²) in [6.07, 6.45) is -0.246. The molecule has 0 aromatic heterocycles. The van der Waals surface area contributed by atoms with E-state index in [4.69, 9.17) is 4.74 Å². The highest BCUT2D eigenvalue weighted by molar-refractivity contribution is 6.04. The topological polar surface area (TPSA) is 46.5 Å². The second kappa shape index (κ2) is 4.43. The largest absolute Gasteiger partial charge is 0.508 e. The molecule has 0 fully saturated rings. The van der Waals surface area contributed by atoms with Crippen molar-refractivity contribution in [1.82, 2.24) is 0 Å². The lowest BCUT2D eigenvalue weighted by Gasteiger charge is -2.30. The Morgan fingerprint density at radius 1 is 1.11 bits per heavy atom. The van der Waals surface area contributed by atoms with Crippen LogP contribution in [0, 0.1) is 0 Å². The number of benzene rings is 2. The lowest BCUT2D eigenvalue weighted by atomic mass is 9.84. The highest BCUT2D eigenvalue weighted by Gasteiger charge is 2.35. The van der Waals surface area contributed by atoms with Gasteiger partial charge in [0, 0.05) is 6.07 Å². The molecule has 0 aliphatic carbocycles. The van der Waals surface area contributed by atoms with Crippen molar-refractivity contribution < 1.29 is 14.6 Å². The summed E-state index contributed by atoms with van der Waals surface area (Å²) in [4.78, 5) is 12.6. The van der Waals surface area contributed by atoms with Crippen molar-refractivity contribution in [3.8, 4) is 11.5 Å². The van der Waals surface area contributed by atoms with Crippen molar-refractivity contribution in [2.24, 2.45) is 0 Å². The van der Waals surface area contributed by atoms with E-state index < -0.39 is 0 Å². The van der Waals surface area contributed by atoms with Crippen LogP contribution in [0.1, 0.15) is 28.8 Å². The second-order valence-electron chi connectivity index (χ2n) is 4.76. The van der Waals surface area contributed by atoms with Gasteiger partial charge >= 0.3 is 0 Å². The Hall–Kier alpha value is -2.29. The molecule has 0 amide bonds. The third kappa shape index (κ3) is 1.97. The number of hydrogen-bond donors (Lipinski definition) is 1. The highest BCUT2D eigenvalue weighted by Crippen LogP contribution is 2.37. The van der Waals surface area contributed by atoms with Gasteiger partial charge < -0.3 is 9.84 Å². The minimum absolute atomic E-state index is 0.0416. The molecule has 1 N–H and O–H groups in total. The first-order chi connectivity index (χ1) is 9.16. The Kier molecular flexibility index (Phi) is 2.75. The molecule has 19 heavy (non-hydrogen) atoms. The van der Waals surface area contributed by atoms with Crippen LogP contribution in [-0.2, 0) is 0 Å². The Morgan fingerprint density at radius 2 is 1.84 bits per heavy atom. The number of ketones is 1. The Labute approximate surface area is 111 Å². The minimum atomic E-state index is -0.293. The summed E-state index contributed by atoms with van der Waals surface area (Å²) < 4.78 is 5.77. The molecule has 0 radical (unpaired) electrons. The Morgan fingerprint density at radius 3 is 2.58 bits per heavy atom. The summed E-state index contributed by atoms with van der Waals surface area (Å²) in [7, 11) is 0. The summed E-state index contributed by atoms with van der Waals surface area (Å²) >= 11 is 0. The maximum absolute atomic E-state index is 12.6. The van der Waals surface area contributed by atoms with Gasteiger partial charge in [0.1, 0.15) is 17.6 Å². The number of phenolic OH excluding ortho intramolecular Hbond substituents is 1. The molecular formula is C16H14O3. The van der Waals surface area contributed by atoms with Crippen LogP contribution in [0.3, 0.4) is 0 Å². The number of Topliss-reactive ketones (excluding diaryl/α,β-unsaturated/α-hetero) is 1. The van der Waals surface area contributed by atoms with Crippen molar-refractivity contribution in [2.75, 3.05) is 0 Å². The van der Waals surface area contributed by atoms with Gasteiger partial charge in [-0.15, -0.1) is 0 Å². The molecule has 3 nitrogen and oxygen atoms in total. The lowest BCUT2D eigenvalue weighted by Crippen LogP contribution is -2.33. The van der Waals surface area contributed by atoms with E-state index in [1.165, 1.54) is 12.1 Å². The van der Waals surface area contributed by atoms with Crippen molar-refractivity contribution >= 4 is 5.78 Å². The fourth-order valence-corrected chi connectivity index (χ4v) is 2.54. The normalized spacial score (nSPS) is 21.6. The number of carbonyl (C=O) groups excluding carboxylic acids is 1. The molecule has 3 rings (SSSR count). The predicted molar refractivity (Wildman–Crippen MR) is 71.7 cm³/mol. The molecule has 2 aromatic rings. The molecule has 2 unspecified atom stereocenters. The number of fused-ring (bicyclic) bond motifs is 1. The van der Waals surface area contributed by atoms with Crippen LogP contribution in [0.2, 0.25) is 0 Å². The standard InChI is InChI=1S/C16H14O3/c1-10-15(11-5-3-2-4-6-11)16(18)13-8-7-12(17)9-14(13)19-10/h2-10,15,17H,1H3. The molecule has 2 aromatic carbocycles. The van der Waals surface area contributed by atoms with E-state index in [1.807, 2.05) is 37.3 Å². The van der Waals surface area contributed by atoms with E-state index in [2.05, 4.69) is 0 Å². The molecule has 0 spiro atoms. The Balaban J connectivity index is 2.06. The number of carbonyl (C=O) groups is 1. The van der Waals surface area contributed by atoms with Gasteiger partial charge in [0.2, 0.25) is 0 Å². The van der Waals surface area contributed by atoms with Gasteiger partial charge in [-0.05, 0) is 24.6 Å². The molecule has 1 heterocycles. The van der Waals surface area contributed by atoms with E-state index in [9.17, 15) is 9.90 Å². The van der Waals surface area contributed by atoms with Crippen molar-refractivity contribution in [3.05, 3.63) is 59.7 Å². The third-order valence-corrected chi connectivity index (χ3v) is 3.45. The predicted octanol–water partition coefficient (Wildman–Crippen LogP) is 3.14. The van der Waals surface area contributed by atoms with Gasteiger partial charge in [-0.1, -0.05) is 30.3 Å². The molecule has 1 aliphatic rings. The summed E-state index contributed by atoms with van der Waals surface area (Å²) in [5, 5.41) is 9.45. The fraction of sp³-hybridized carbons (Fsp3) is 0.188. The first kappa shape index (κ1) is 11.8. The molecule has 0 saturated heterocycles. The first-order valence-electron chi connectivity index (χ1n) is 6.25. The van der Waals surface area contributed by atoms with Crippen LogP contribution in [0.15, 0.2) is 48.5 Å². The van der Waals surface area contributed by atoms with Gasteiger partial charge in [0.15, 0.2) is 5.78 Å². The minimum Gasteiger partial charge on any atom is -0.508 e. The number of ether oxygens (including phenoxy) is 1. The molecule has 3 heteroatoms.